The summed E-state index contributed by atoms with van der Waals surface area (Å²) < 4.78 is 16.8. The van der Waals surface area contributed by atoms with E-state index in [9.17, 15) is 4.21 Å². The van der Waals surface area contributed by atoms with Crippen molar-refractivity contribution in [3.05, 3.63) is 29.3 Å². The lowest BCUT2D eigenvalue weighted by molar-refractivity contribution is 0.411. The van der Waals surface area contributed by atoms with Gasteiger partial charge in [-0.2, -0.15) is 5.26 Å². The number of methoxy groups -OCH3 is 1. The quantitative estimate of drug-likeness (QED) is 0.789. The molecule has 0 aliphatic rings. The van der Waals surface area contributed by atoms with Crippen LogP contribution in [0.5, 0.6) is 5.75 Å². The molecular formula is C12H15NO2S. The van der Waals surface area contributed by atoms with Crippen molar-refractivity contribution >= 4 is 10.8 Å². The second-order valence-corrected chi connectivity index (χ2v) is 5.00. The Bertz CT molecular complexity index is 424. The van der Waals surface area contributed by atoms with Crippen molar-refractivity contribution in [1.82, 2.24) is 0 Å². The lowest BCUT2D eigenvalue weighted by Crippen LogP contribution is -2.02. The van der Waals surface area contributed by atoms with Crippen LogP contribution in [0.2, 0.25) is 0 Å². The molecule has 0 bridgehead atoms. The van der Waals surface area contributed by atoms with Gasteiger partial charge in [0, 0.05) is 22.1 Å². The average molecular weight is 237 g/mol. The molecule has 0 fully saturated rings. The maximum absolute atomic E-state index is 11.7. The highest BCUT2D eigenvalue weighted by Crippen LogP contribution is 2.21. The molecule has 0 heterocycles. The summed E-state index contributed by atoms with van der Waals surface area (Å²) in [6, 6.07) is 7.26. The van der Waals surface area contributed by atoms with Gasteiger partial charge in [0.25, 0.3) is 0 Å². The van der Waals surface area contributed by atoms with Crippen LogP contribution >= 0.6 is 0 Å². The summed E-state index contributed by atoms with van der Waals surface area (Å²) in [6.45, 7) is 2.00. The van der Waals surface area contributed by atoms with E-state index in [1.807, 2.05) is 6.92 Å². The first-order valence-corrected chi connectivity index (χ1v) is 6.62. The first-order chi connectivity index (χ1) is 7.71. The Morgan fingerprint density at radius 1 is 1.50 bits per heavy atom. The molecule has 1 aromatic rings. The van der Waals surface area contributed by atoms with E-state index in [4.69, 9.17) is 10.00 Å². The van der Waals surface area contributed by atoms with E-state index >= 15 is 0 Å². The van der Waals surface area contributed by atoms with Crippen molar-refractivity contribution in [2.75, 3.05) is 12.9 Å². The third-order valence-corrected chi connectivity index (χ3v) is 3.65. The minimum absolute atomic E-state index is 0.451. The van der Waals surface area contributed by atoms with Crippen LogP contribution in [0.3, 0.4) is 0 Å². The van der Waals surface area contributed by atoms with E-state index in [1.54, 1.807) is 25.3 Å². The van der Waals surface area contributed by atoms with Crippen molar-refractivity contribution in [2.24, 2.45) is 0 Å². The molecule has 0 radical (unpaired) electrons. The van der Waals surface area contributed by atoms with Gasteiger partial charge in [-0.15, -0.1) is 0 Å². The highest BCUT2D eigenvalue weighted by molar-refractivity contribution is 7.84. The monoisotopic (exact) mass is 237 g/mol. The van der Waals surface area contributed by atoms with Crippen LogP contribution < -0.4 is 4.74 Å². The van der Waals surface area contributed by atoms with Gasteiger partial charge in [-0.05, 0) is 24.6 Å². The summed E-state index contributed by atoms with van der Waals surface area (Å²) in [5.41, 5.74) is 1.41. The first-order valence-electron chi connectivity index (χ1n) is 5.13. The topological polar surface area (TPSA) is 50.1 Å². The van der Waals surface area contributed by atoms with Crippen molar-refractivity contribution in [2.45, 2.75) is 19.1 Å². The molecule has 0 amide bonds. The molecule has 0 N–H and O–H groups in total. The number of benzene rings is 1. The van der Waals surface area contributed by atoms with E-state index in [-0.39, 0.29) is 0 Å². The fourth-order valence-corrected chi connectivity index (χ4v) is 2.61. The smallest absolute Gasteiger partial charge is 0.123 e. The molecule has 1 atom stereocenters. The number of rotatable bonds is 5. The molecule has 1 aromatic carbocycles. The van der Waals surface area contributed by atoms with Crippen LogP contribution in [0, 0.1) is 11.3 Å². The maximum atomic E-state index is 11.7. The largest absolute Gasteiger partial charge is 0.496 e. The molecule has 4 heteroatoms. The number of hydrogen-bond donors (Lipinski definition) is 0. The second-order valence-electron chi connectivity index (χ2n) is 3.43. The van der Waals surface area contributed by atoms with Crippen LogP contribution in [0.25, 0.3) is 0 Å². The molecule has 0 saturated carbocycles. The summed E-state index contributed by atoms with van der Waals surface area (Å²) in [5.74, 6) is 1.83. The summed E-state index contributed by atoms with van der Waals surface area (Å²) in [6.07, 6.45) is 0.896. The Balaban J connectivity index is 2.92. The molecule has 86 valence electrons. The van der Waals surface area contributed by atoms with Crippen LogP contribution in [0.1, 0.15) is 24.5 Å². The van der Waals surface area contributed by atoms with Crippen molar-refractivity contribution < 1.29 is 8.95 Å². The third kappa shape index (κ3) is 3.35. The van der Waals surface area contributed by atoms with Gasteiger partial charge in [0.2, 0.25) is 0 Å². The Hall–Kier alpha value is -1.34. The molecular weight excluding hydrogens is 222 g/mol. The third-order valence-electron chi connectivity index (χ3n) is 2.16. The van der Waals surface area contributed by atoms with Gasteiger partial charge < -0.3 is 4.74 Å². The highest BCUT2D eigenvalue weighted by atomic mass is 32.2. The number of nitriles is 1. The zero-order chi connectivity index (χ0) is 12.0. The second kappa shape index (κ2) is 6.29. The summed E-state index contributed by atoms with van der Waals surface area (Å²) >= 11 is 0. The first kappa shape index (κ1) is 12.7. The minimum Gasteiger partial charge on any atom is -0.496 e. The van der Waals surface area contributed by atoms with Crippen LogP contribution in [0.15, 0.2) is 18.2 Å². The van der Waals surface area contributed by atoms with Gasteiger partial charge >= 0.3 is 0 Å². The molecule has 0 saturated heterocycles. The zero-order valence-electron chi connectivity index (χ0n) is 9.53. The maximum Gasteiger partial charge on any atom is 0.123 e. The number of nitrogens with zero attached hydrogens (tertiary/aromatic N) is 1. The number of ether oxygens (including phenoxy) is 1. The number of hydrogen-bond acceptors (Lipinski definition) is 3. The van der Waals surface area contributed by atoms with Crippen molar-refractivity contribution in [1.29, 1.82) is 5.26 Å². The van der Waals surface area contributed by atoms with Crippen molar-refractivity contribution in [3.8, 4) is 11.8 Å². The van der Waals surface area contributed by atoms with Crippen LogP contribution in [0.4, 0.5) is 0 Å². The molecule has 16 heavy (non-hydrogen) atoms. The highest BCUT2D eigenvalue weighted by Gasteiger charge is 2.08. The van der Waals surface area contributed by atoms with Gasteiger partial charge in [-0.3, -0.25) is 4.21 Å². The Morgan fingerprint density at radius 2 is 2.25 bits per heavy atom. The lowest BCUT2D eigenvalue weighted by atomic mass is 10.1. The van der Waals surface area contributed by atoms with Crippen LogP contribution in [-0.2, 0) is 16.6 Å². The Morgan fingerprint density at radius 3 is 2.81 bits per heavy atom. The Labute approximate surface area is 98.5 Å². The van der Waals surface area contributed by atoms with E-state index in [0.717, 1.165) is 12.0 Å². The molecule has 0 aliphatic carbocycles. The molecule has 0 aliphatic heterocycles. The average Bonchev–Trinajstić information content (AvgIpc) is 2.29. The standard InChI is InChI=1S/C12H15NO2S/c1-3-6-16(14)9-11-7-10(8-13)4-5-12(11)15-2/h4-5,7H,3,6,9H2,1-2H3. The molecule has 1 unspecified atom stereocenters. The predicted octanol–water partition coefficient (Wildman–Crippen LogP) is 2.23. The van der Waals surface area contributed by atoms with E-state index in [1.165, 1.54) is 0 Å². The normalized spacial score (nSPS) is 11.8. The van der Waals surface area contributed by atoms with Gasteiger partial charge in [-0.25, -0.2) is 0 Å². The molecule has 1 rings (SSSR count). The van der Waals surface area contributed by atoms with Crippen LogP contribution in [-0.4, -0.2) is 17.1 Å². The fourth-order valence-electron chi connectivity index (χ4n) is 1.43. The Kier molecular flexibility index (Phi) is 5.00. The minimum atomic E-state index is -0.883. The van der Waals surface area contributed by atoms with Crippen molar-refractivity contribution in [3.63, 3.8) is 0 Å². The van der Waals surface area contributed by atoms with Gasteiger partial charge in [0.05, 0.1) is 24.5 Å². The van der Waals surface area contributed by atoms with E-state index in [2.05, 4.69) is 6.07 Å². The molecule has 0 aromatic heterocycles. The molecule has 0 spiro atoms. The van der Waals surface area contributed by atoms with Gasteiger partial charge in [0.15, 0.2) is 0 Å². The lowest BCUT2D eigenvalue weighted by Gasteiger charge is -2.08. The van der Waals surface area contributed by atoms with E-state index < -0.39 is 10.8 Å². The SMILES string of the molecule is CCCS(=O)Cc1cc(C#N)ccc1OC. The zero-order valence-corrected chi connectivity index (χ0v) is 10.3. The summed E-state index contributed by atoms with van der Waals surface area (Å²) in [5, 5.41) is 8.80. The summed E-state index contributed by atoms with van der Waals surface area (Å²) in [4.78, 5) is 0. The summed E-state index contributed by atoms with van der Waals surface area (Å²) in [7, 11) is 0.694. The van der Waals surface area contributed by atoms with Gasteiger partial charge in [-0.1, -0.05) is 6.92 Å². The van der Waals surface area contributed by atoms with Gasteiger partial charge in [0.1, 0.15) is 5.75 Å². The predicted molar refractivity (Wildman–Crippen MR) is 64.7 cm³/mol. The fraction of sp³-hybridized carbons (Fsp3) is 0.417. The molecule has 3 nitrogen and oxygen atoms in total. The van der Waals surface area contributed by atoms with E-state index in [0.29, 0.717) is 22.8 Å².